The molecular formula is C25H20N4O3S. The third-order valence-electron chi connectivity index (χ3n) is 5.14. The van der Waals surface area contributed by atoms with Gasteiger partial charge in [-0.1, -0.05) is 54.2 Å². The van der Waals surface area contributed by atoms with Crippen molar-refractivity contribution >= 4 is 22.7 Å². The van der Waals surface area contributed by atoms with E-state index in [0.29, 0.717) is 40.1 Å². The van der Waals surface area contributed by atoms with Gasteiger partial charge >= 0.3 is 0 Å². The lowest BCUT2D eigenvalue weighted by atomic mass is 10.2. The summed E-state index contributed by atoms with van der Waals surface area (Å²) < 4.78 is 12.7. The van der Waals surface area contributed by atoms with Gasteiger partial charge in [-0.3, -0.25) is 9.36 Å². The highest BCUT2D eigenvalue weighted by Crippen LogP contribution is 2.25. The Morgan fingerprint density at radius 2 is 1.70 bits per heavy atom. The molecule has 0 aliphatic heterocycles. The van der Waals surface area contributed by atoms with E-state index < -0.39 is 0 Å². The molecule has 0 radical (unpaired) electrons. The van der Waals surface area contributed by atoms with Crippen LogP contribution in [0.5, 0.6) is 5.75 Å². The zero-order valence-electron chi connectivity index (χ0n) is 17.8. The van der Waals surface area contributed by atoms with Crippen LogP contribution in [0.1, 0.15) is 11.5 Å². The second kappa shape index (κ2) is 9.30. The number of rotatable bonds is 7. The first-order valence-electron chi connectivity index (χ1n) is 10.3. The van der Waals surface area contributed by atoms with Crippen molar-refractivity contribution in [2.75, 3.05) is 7.11 Å². The van der Waals surface area contributed by atoms with E-state index in [0.717, 1.165) is 16.9 Å². The number of fused-ring (bicyclic) bond motifs is 1. The number of ether oxygens (including phenoxy) is 1. The highest BCUT2D eigenvalue weighted by molar-refractivity contribution is 7.98. The van der Waals surface area contributed by atoms with Gasteiger partial charge in [-0.25, -0.2) is 4.98 Å². The smallest absolute Gasteiger partial charge is 0.262 e. The van der Waals surface area contributed by atoms with Gasteiger partial charge in [0.1, 0.15) is 5.75 Å². The van der Waals surface area contributed by atoms with Crippen molar-refractivity contribution in [1.82, 2.24) is 19.7 Å². The van der Waals surface area contributed by atoms with E-state index in [4.69, 9.17) is 14.1 Å². The summed E-state index contributed by atoms with van der Waals surface area (Å²) in [5, 5.41) is 9.48. The van der Waals surface area contributed by atoms with Crippen molar-refractivity contribution in [1.29, 1.82) is 0 Å². The first kappa shape index (κ1) is 21.0. The van der Waals surface area contributed by atoms with Crippen LogP contribution in [0.4, 0.5) is 0 Å². The Kier molecular flexibility index (Phi) is 5.91. The topological polar surface area (TPSA) is 83.0 Å². The standard InChI is InChI=1S/C25H20N4O3S/c1-31-19-13-11-17(12-14-19)15-29-24(30)20-9-5-6-10-21(20)26-25(29)33-16-22-27-28-23(32-22)18-7-3-2-4-8-18/h2-14H,15-16H2,1H3. The van der Waals surface area contributed by atoms with E-state index >= 15 is 0 Å². The van der Waals surface area contributed by atoms with Crippen molar-refractivity contribution in [2.45, 2.75) is 17.5 Å². The molecule has 0 unspecified atom stereocenters. The fourth-order valence-corrected chi connectivity index (χ4v) is 4.28. The zero-order valence-corrected chi connectivity index (χ0v) is 18.7. The molecule has 0 spiro atoms. The van der Waals surface area contributed by atoms with Crippen LogP contribution in [-0.2, 0) is 12.3 Å². The van der Waals surface area contributed by atoms with Crippen LogP contribution in [0.2, 0.25) is 0 Å². The van der Waals surface area contributed by atoms with Gasteiger partial charge in [0.2, 0.25) is 11.8 Å². The number of thioether (sulfide) groups is 1. The molecule has 0 amide bonds. The summed E-state index contributed by atoms with van der Waals surface area (Å²) in [5.74, 6) is 2.10. The summed E-state index contributed by atoms with van der Waals surface area (Å²) in [5.41, 5.74) is 2.41. The minimum Gasteiger partial charge on any atom is -0.497 e. The van der Waals surface area contributed by atoms with Gasteiger partial charge in [0.05, 0.1) is 30.3 Å². The van der Waals surface area contributed by atoms with Gasteiger partial charge in [-0.15, -0.1) is 10.2 Å². The molecule has 0 bridgehead atoms. The Labute approximate surface area is 194 Å². The van der Waals surface area contributed by atoms with Crippen molar-refractivity contribution < 1.29 is 9.15 Å². The summed E-state index contributed by atoms with van der Waals surface area (Å²) in [6, 6.07) is 24.6. The maximum Gasteiger partial charge on any atom is 0.262 e. The maximum absolute atomic E-state index is 13.3. The van der Waals surface area contributed by atoms with Gasteiger partial charge < -0.3 is 9.15 Å². The molecule has 0 saturated heterocycles. The summed E-state index contributed by atoms with van der Waals surface area (Å²) in [7, 11) is 1.63. The second-order valence-corrected chi connectivity index (χ2v) is 8.25. The molecular weight excluding hydrogens is 436 g/mol. The predicted molar refractivity (Wildman–Crippen MR) is 127 cm³/mol. The Morgan fingerprint density at radius 3 is 2.48 bits per heavy atom. The summed E-state index contributed by atoms with van der Waals surface area (Å²) in [4.78, 5) is 18.1. The van der Waals surface area contributed by atoms with E-state index in [1.165, 1.54) is 11.8 Å². The van der Waals surface area contributed by atoms with Crippen molar-refractivity contribution in [3.63, 3.8) is 0 Å². The van der Waals surface area contributed by atoms with E-state index in [1.54, 1.807) is 17.7 Å². The molecule has 164 valence electrons. The Bertz CT molecular complexity index is 1450. The lowest BCUT2D eigenvalue weighted by Crippen LogP contribution is -2.24. The molecule has 8 heteroatoms. The number of nitrogens with zero attached hydrogens (tertiary/aromatic N) is 4. The van der Waals surface area contributed by atoms with Crippen molar-refractivity contribution in [3.05, 3.63) is 101 Å². The molecule has 2 heterocycles. The van der Waals surface area contributed by atoms with E-state index in [-0.39, 0.29) is 5.56 Å². The van der Waals surface area contributed by atoms with E-state index in [9.17, 15) is 4.79 Å². The monoisotopic (exact) mass is 456 g/mol. The first-order valence-corrected chi connectivity index (χ1v) is 11.3. The number of aromatic nitrogens is 4. The largest absolute Gasteiger partial charge is 0.497 e. The third-order valence-corrected chi connectivity index (χ3v) is 6.10. The van der Waals surface area contributed by atoms with Crippen molar-refractivity contribution in [2.24, 2.45) is 0 Å². The van der Waals surface area contributed by atoms with Gasteiger partial charge in [-0.05, 0) is 42.0 Å². The Hall–Kier alpha value is -3.91. The average Bonchev–Trinajstić information content (AvgIpc) is 3.35. The van der Waals surface area contributed by atoms with Crippen LogP contribution in [0.25, 0.3) is 22.4 Å². The lowest BCUT2D eigenvalue weighted by molar-refractivity contribution is 0.414. The summed E-state index contributed by atoms with van der Waals surface area (Å²) in [6.07, 6.45) is 0. The number of hydrogen-bond donors (Lipinski definition) is 0. The molecule has 0 N–H and O–H groups in total. The number of methoxy groups -OCH3 is 1. The zero-order chi connectivity index (χ0) is 22.6. The van der Waals surface area contributed by atoms with Gasteiger partial charge in [-0.2, -0.15) is 0 Å². The molecule has 0 saturated carbocycles. The molecule has 2 aromatic heterocycles. The van der Waals surface area contributed by atoms with Gasteiger partial charge in [0, 0.05) is 5.56 Å². The Morgan fingerprint density at radius 1 is 0.939 bits per heavy atom. The summed E-state index contributed by atoms with van der Waals surface area (Å²) in [6.45, 7) is 0.391. The van der Waals surface area contributed by atoms with Crippen LogP contribution in [-0.4, -0.2) is 26.9 Å². The highest BCUT2D eigenvalue weighted by atomic mass is 32.2. The van der Waals surface area contributed by atoms with E-state index in [2.05, 4.69) is 10.2 Å². The highest BCUT2D eigenvalue weighted by Gasteiger charge is 2.15. The quantitative estimate of drug-likeness (QED) is 0.257. The third kappa shape index (κ3) is 4.51. The fourth-order valence-electron chi connectivity index (χ4n) is 3.45. The van der Waals surface area contributed by atoms with Crippen LogP contribution in [0.3, 0.4) is 0 Å². The number of benzene rings is 3. The second-order valence-electron chi connectivity index (χ2n) is 7.31. The molecule has 5 rings (SSSR count). The van der Waals surface area contributed by atoms with Crippen LogP contribution < -0.4 is 10.3 Å². The fraction of sp³-hybridized carbons (Fsp3) is 0.120. The lowest BCUT2D eigenvalue weighted by Gasteiger charge is -2.13. The average molecular weight is 457 g/mol. The minimum absolute atomic E-state index is 0.0885. The molecule has 0 fully saturated rings. The molecule has 0 aliphatic rings. The summed E-state index contributed by atoms with van der Waals surface area (Å²) >= 11 is 1.40. The molecule has 5 aromatic rings. The molecule has 0 atom stereocenters. The Balaban J connectivity index is 1.45. The van der Waals surface area contributed by atoms with Crippen LogP contribution in [0.15, 0.2) is 93.2 Å². The van der Waals surface area contributed by atoms with Crippen LogP contribution in [0, 0.1) is 0 Å². The molecule has 33 heavy (non-hydrogen) atoms. The molecule has 7 nitrogen and oxygen atoms in total. The predicted octanol–water partition coefficient (Wildman–Crippen LogP) is 4.80. The first-order chi connectivity index (χ1) is 16.2. The molecule has 3 aromatic carbocycles. The van der Waals surface area contributed by atoms with E-state index in [1.807, 2.05) is 72.8 Å². The minimum atomic E-state index is -0.0885. The molecule has 0 aliphatic carbocycles. The van der Waals surface area contributed by atoms with Gasteiger partial charge in [0.25, 0.3) is 5.56 Å². The number of hydrogen-bond acceptors (Lipinski definition) is 7. The SMILES string of the molecule is COc1ccc(Cn2c(SCc3nnc(-c4ccccc4)o3)nc3ccccc3c2=O)cc1. The van der Waals surface area contributed by atoms with Gasteiger partial charge in [0.15, 0.2) is 5.16 Å². The normalized spacial score (nSPS) is 11.1. The number of para-hydroxylation sites is 1. The maximum atomic E-state index is 13.3. The van der Waals surface area contributed by atoms with Crippen molar-refractivity contribution in [3.8, 4) is 17.2 Å². The van der Waals surface area contributed by atoms with Crippen LogP contribution >= 0.6 is 11.8 Å².